The van der Waals surface area contributed by atoms with Crippen LogP contribution >= 0.6 is 37.6 Å². The number of hydrogen-bond acceptors (Lipinski definition) is 7. The molecule has 0 aromatic carbocycles. The van der Waals surface area contributed by atoms with Gasteiger partial charge in [-0.15, -0.1) is 22.7 Å². The zero-order valence-corrected chi connectivity index (χ0v) is 31.0. The molecule has 0 N–H and O–H groups in total. The molecule has 0 aliphatic carbocycles. The van der Waals surface area contributed by atoms with Crippen molar-refractivity contribution < 1.29 is 13.9 Å². The van der Waals surface area contributed by atoms with Crippen molar-refractivity contribution in [2.75, 3.05) is 61.0 Å². The lowest BCUT2D eigenvalue weighted by Gasteiger charge is -2.55. The van der Waals surface area contributed by atoms with Crippen LogP contribution < -0.4 is 4.74 Å². The third-order valence-electron chi connectivity index (χ3n) is 8.78. The van der Waals surface area contributed by atoms with Crippen molar-refractivity contribution >= 4 is 37.6 Å². The molecule has 44 heavy (non-hydrogen) atoms. The second-order valence-corrected chi connectivity index (χ2v) is 23.1. The normalized spacial score (nSPS) is 22.4. The Kier molecular flexibility index (Phi) is 9.75. The van der Waals surface area contributed by atoms with Gasteiger partial charge in [0.2, 0.25) is 14.9 Å². The lowest BCUT2D eigenvalue weighted by molar-refractivity contribution is 0.173. The molecule has 0 bridgehead atoms. The smallest absolute Gasteiger partial charge is 0.229 e. The van der Waals surface area contributed by atoms with Crippen molar-refractivity contribution in [2.45, 2.75) is 52.9 Å². The van der Waals surface area contributed by atoms with Crippen molar-refractivity contribution in [1.29, 1.82) is 0 Å². The number of ether oxygens (including phenoxy) is 1. The summed E-state index contributed by atoms with van der Waals surface area (Å²) in [6, 6.07) is 8.01. The predicted octanol–water partition coefficient (Wildman–Crippen LogP) is 7.26. The van der Waals surface area contributed by atoms with Gasteiger partial charge in [0.25, 0.3) is 0 Å². The predicted molar refractivity (Wildman–Crippen MR) is 184 cm³/mol. The molecule has 2 fully saturated rings. The summed E-state index contributed by atoms with van der Waals surface area (Å²) in [5.41, 5.74) is 2.10. The van der Waals surface area contributed by atoms with E-state index in [1.807, 2.05) is 65.1 Å². The zero-order chi connectivity index (χ0) is 32.1. The number of aryl methyl sites for hydroxylation is 1. The fourth-order valence-corrected chi connectivity index (χ4v) is 19.0. The number of thiazole rings is 1. The fraction of sp³-hybridized carbons (Fsp3) is 0.613. The SMILES string of the molecule is Cc1sc(-c2ccncc2)nc1CCOc1ccc(CC(P2(=O)N(C)CC(C)(C)CN2C)P2(=O)N(C)CC(C)(C)CN2C)s1. The molecule has 0 amide bonds. The van der Waals surface area contributed by atoms with Gasteiger partial charge in [-0.05, 0) is 70.2 Å². The van der Waals surface area contributed by atoms with E-state index in [2.05, 4.69) is 45.7 Å². The highest BCUT2D eigenvalue weighted by molar-refractivity contribution is 7.77. The van der Waals surface area contributed by atoms with Gasteiger partial charge in [0.05, 0.1) is 12.3 Å². The van der Waals surface area contributed by atoms with Crippen LogP contribution in [0.15, 0.2) is 36.7 Å². The van der Waals surface area contributed by atoms with E-state index in [1.54, 1.807) is 35.1 Å². The Morgan fingerprint density at radius 3 is 1.89 bits per heavy atom. The summed E-state index contributed by atoms with van der Waals surface area (Å²) < 4.78 is 44.9. The molecule has 13 heteroatoms. The van der Waals surface area contributed by atoms with Crippen LogP contribution in [0.3, 0.4) is 0 Å². The molecule has 9 nitrogen and oxygen atoms in total. The van der Waals surface area contributed by atoms with Gasteiger partial charge in [0, 0.05) is 66.7 Å². The van der Waals surface area contributed by atoms with E-state index >= 15 is 9.13 Å². The summed E-state index contributed by atoms with van der Waals surface area (Å²) in [6.07, 6.45) is 4.76. The first-order valence-corrected chi connectivity index (χ1v) is 20.2. The summed E-state index contributed by atoms with van der Waals surface area (Å²) in [5, 5.41) is 1.26. The summed E-state index contributed by atoms with van der Waals surface area (Å²) in [6.45, 7) is 14.2. The Balaban J connectivity index is 1.36. The van der Waals surface area contributed by atoms with Gasteiger partial charge in [-0.2, -0.15) is 0 Å². The highest BCUT2D eigenvalue weighted by atomic mass is 32.1. The minimum atomic E-state index is -3.21. The molecule has 2 saturated heterocycles. The number of pyridine rings is 1. The highest BCUT2D eigenvalue weighted by Gasteiger charge is 2.59. The van der Waals surface area contributed by atoms with E-state index in [9.17, 15) is 0 Å². The van der Waals surface area contributed by atoms with Crippen LogP contribution in [0.1, 0.15) is 43.1 Å². The summed E-state index contributed by atoms with van der Waals surface area (Å²) in [5.74, 6) is 0. The average molecular weight is 679 g/mol. The Hall–Kier alpha value is -1.42. The van der Waals surface area contributed by atoms with Crippen LogP contribution in [0.4, 0.5) is 0 Å². The number of aromatic nitrogens is 2. The first kappa shape index (κ1) is 33.9. The van der Waals surface area contributed by atoms with Crippen LogP contribution in [0.25, 0.3) is 10.6 Å². The minimum Gasteiger partial charge on any atom is -0.484 e. The van der Waals surface area contributed by atoms with Gasteiger partial charge >= 0.3 is 0 Å². The Morgan fingerprint density at radius 2 is 1.36 bits per heavy atom. The molecule has 3 aromatic heterocycles. The molecular weight excluding hydrogens is 630 g/mol. The number of nitrogens with zero attached hydrogens (tertiary/aromatic N) is 6. The molecule has 2 aliphatic heterocycles. The maximum atomic E-state index is 15.3. The van der Waals surface area contributed by atoms with Gasteiger partial charge in [0.1, 0.15) is 10.4 Å². The van der Waals surface area contributed by atoms with E-state index in [-0.39, 0.29) is 10.8 Å². The molecule has 0 saturated carbocycles. The first-order chi connectivity index (χ1) is 20.5. The number of thiophene rings is 1. The van der Waals surface area contributed by atoms with Crippen molar-refractivity contribution in [1.82, 2.24) is 28.6 Å². The molecule has 0 unspecified atom stereocenters. The lowest BCUT2D eigenvalue weighted by Crippen LogP contribution is -2.53. The molecule has 5 rings (SSSR count). The Labute approximate surface area is 271 Å². The van der Waals surface area contributed by atoms with E-state index in [4.69, 9.17) is 9.72 Å². The van der Waals surface area contributed by atoms with Crippen LogP contribution in [-0.2, 0) is 22.0 Å². The average Bonchev–Trinajstić information content (AvgIpc) is 3.54. The molecule has 0 radical (unpaired) electrons. The standard InChI is InChI=1S/C31H48N6O3P2S2/c1-23-26(33-29(43-23)24-12-15-32-16-13-24)14-17-40-27-11-10-25(44-27)18-28(41(38)34(6)19-30(2,3)20-35(41)7)42(39)36(8)21-31(4,5)22-37(42)9/h10-13,15-16,28H,14,17-22H2,1-9H3. The van der Waals surface area contributed by atoms with Crippen LogP contribution in [0, 0.1) is 17.8 Å². The van der Waals surface area contributed by atoms with E-state index in [0.29, 0.717) is 45.6 Å². The molecule has 0 spiro atoms. The van der Waals surface area contributed by atoms with Gasteiger partial charge in [-0.25, -0.2) is 23.7 Å². The second kappa shape index (κ2) is 12.6. The Morgan fingerprint density at radius 1 is 0.841 bits per heavy atom. The van der Waals surface area contributed by atoms with Gasteiger partial charge in [0.15, 0.2) is 5.06 Å². The van der Waals surface area contributed by atoms with Crippen molar-refractivity contribution in [3.05, 3.63) is 52.1 Å². The van der Waals surface area contributed by atoms with E-state index in [0.717, 1.165) is 26.2 Å². The second-order valence-electron chi connectivity index (χ2n) is 14.0. The van der Waals surface area contributed by atoms with Gasteiger partial charge in [-0.3, -0.25) is 14.1 Å². The maximum absolute atomic E-state index is 15.3. The molecule has 242 valence electrons. The third-order valence-corrected chi connectivity index (χ3v) is 19.1. The lowest BCUT2D eigenvalue weighted by atomic mass is 9.93. The Bertz CT molecular complexity index is 1470. The summed E-state index contributed by atoms with van der Waals surface area (Å²) in [7, 11) is 1.40. The zero-order valence-electron chi connectivity index (χ0n) is 27.6. The molecule has 3 aromatic rings. The summed E-state index contributed by atoms with van der Waals surface area (Å²) in [4.78, 5) is 11.2. The topological polar surface area (TPSA) is 82.1 Å². The van der Waals surface area contributed by atoms with E-state index < -0.39 is 20.3 Å². The van der Waals surface area contributed by atoms with Crippen molar-refractivity contribution in [3.63, 3.8) is 0 Å². The fourth-order valence-electron chi connectivity index (χ4n) is 7.10. The quantitative estimate of drug-likeness (QED) is 0.217. The molecule has 5 heterocycles. The monoisotopic (exact) mass is 678 g/mol. The summed E-state index contributed by atoms with van der Waals surface area (Å²) >= 11 is 3.26. The minimum absolute atomic E-state index is 0.0124. The van der Waals surface area contributed by atoms with Crippen LogP contribution in [-0.4, -0.2) is 95.0 Å². The van der Waals surface area contributed by atoms with Crippen molar-refractivity contribution in [3.8, 4) is 15.6 Å². The van der Waals surface area contributed by atoms with Crippen LogP contribution in [0.2, 0.25) is 0 Å². The first-order valence-electron chi connectivity index (χ1n) is 15.2. The van der Waals surface area contributed by atoms with Gasteiger partial charge < -0.3 is 4.74 Å². The van der Waals surface area contributed by atoms with Gasteiger partial charge in [-0.1, -0.05) is 27.7 Å². The molecule has 0 atom stereocenters. The maximum Gasteiger partial charge on any atom is 0.229 e. The number of hydrogen-bond donors (Lipinski definition) is 0. The highest BCUT2D eigenvalue weighted by Crippen LogP contribution is 2.76. The molecule has 2 aliphatic rings. The van der Waals surface area contributed by atoms with Crippen LogP contribution in [0.5, 0.6) is 5.06 Å². The largest absolute Gasteiger partial charge is 0.484 e. The van der Waals surface area contributed by atoms with Crippen molar-refractivity contribution in [2.24, 2.45) is 10.8 Å². The molecular formula is C31H48N6O3P2S2. The van der Waals surface area contributed by atoms with E-state index in [1.165, 1.54) is 4.88 Å². The third kappa shape index (κ3) is 6.68. The number of rotatable bonds is 9.